The Morgan fingerprint density at radius 2 is 1.89 bits per heavy atom. The van der Waals surface area contributed by atoms with Crippen LogP contribution in [0.1, 0.15) is 11.1 Å². The summed E-state index contributed by atoms with van der Waals surface area (Å²) in [6, 6.07) is 13.0. The fourth-order valence-electron chi connectivity index (χ4n) is 2.21. The van der Waals surface area contributed by atoms with Crippen molar-refractivity contribution in [2.24, 2.45) is 0 Å². The van der Waals surface area contributed by atoms with E-state index in [-0.39, 0.29) is 5.75 Å². The van der Waals surface area contributed by atoms with E-state index in [4.69, 9.17) is 9.47 Å². The molecule has 0 saturated heterocycles. The number of hydrogen-bond acceptors (Lipinski definition) is 3. The molecule has 0 spiro atoms. The Morgan fingerprint density at radius 1 is 1.11 bits per heavy atom. The highest BCUT2D eigenvalue weighted by Crippen LogP contribution is 2.36. The Morgan fingerprint density at radius 3 is 2.63 bits per heavy atom. The topological polar surface area (TPSA) is 38.7 Å². The minimum absolute atomic E-state index is 0.270. The Labute approximate surface area is 111 Å². The summed E-state index contributed by atoms with van der Waals surface area (Å²) in [5, 5.41) is 9.36. The monoisotopic (exact) mass is 254 g/mol. The van der Waals surface area contributed by atoms with E-state index in [1.807, 2.05) is 36.4 Å². The molecule has 1 aliphatic rings. The summed E-state index contributed by atoms with van der Waals surface area (Å²) >= 11 is 0. The van der Waals surface area contributed by atoms with Gasteiger partial charge in [0.2, 0.25) is 0 Å². The number of phenolic OH excluding ortho intramolecular Hbond substituents is 1. The molecule has 0 atom stereocenters. The third-order valence-electron chi connectivity index (χ3n) is 3.18. The average molecular weight is 254 g/mol. The summed E-state index contributed by atoms with van der Waals surface area (Å²) in [7, 11) is 1.64. The lowest BCUT2D eigenvalue weighted by Gasteiger charge is -2.19. The van der Waals surface area contributed by atoms with Crippen molar-refractivity contribution in [1.29, 1.82) is 0 Å². The molecule has 0 aromatic heterocycles. The van der Waals surface area contributed by atoms with Gasteiger partial charge in [-0.2, -0.15) is 0 Å². The molecule has 0 aliphatic carbocycles. The highest BCUT2D eigenvalue weighted by molar-refractivity contribution is 5.84. The van der Waals surface area contributed by atoms with Crippen LogP contribution in [0.5, 0.6) is 17.2 Å². The molecule has 3 nitrogen and oxygen atoms in total. The van der Waals surface area contributed by atoms with Gasteiger partial charge in [-0.25, -0.2) is 0 Å². The average Bonchev–Trinajstić information content (AvgIpc) is 2.47. The highest BCUT2D eigenvalue weighted by Gasteiger charge is 2.16. The van der Waals surface area contributed by atoms with Crippen LogP contribution in [-0.4, -0.2) is 18.8 Å². The zero-order chi connectivity index (χ0) is 13.2. The maximum atomic E-state index is 9.36. The summed E-state index contributed by atoms with van der Waals surface area (Å²) in [6.07, 6.45) is 2.04. The maximum absolute atomic E-state index is 9.36. The van der Waals surface area contributed by atoms with Crippen LogP contribution < -0.4 is 9.47 Å². The molecular formula is C16H14O3. The lowest BCUT2D eigenvalue weighted by molar-refractivity contribution is 0.352. The Bertz CT molecular complexity index is 627. The van der Waals surface area contributed by atoms with Gasteiger partial charge >= 0.3 is 0 Å². The normalized spacial score (nSPS) is 13.2. The van der Waals surface area contributed by atoms with Crippen molar-refractivity contribution < 1.29 is 14.6 Å². The third-order valence-corrected chi connectivity index (χ3v) is 3.18. The second kappa shape index (κ2) is 4.69. The molecule has 1 heterocycles. The lowest BCUT2D eigenvalue weighted by atomic mass is 9.95. The van der Waals surface area contributed by atoms with Crippen LogP contribution in [0.2, 0.25) is 0 Å². The van der Waals surface area contributed by atoms with Crippen LogP contribution in [0, 0.1) is 0 Å². The van der Waals surface area contributed by atoms with E-state index in [2.05, 4.69) is 0 Å². The van der Waals surface area contributed by atoms with Crippen molar-refractivity contribution in [1.82, 2.24) is 0 Å². The van der Waals surface area contributed by atoms with Crippen LogP contribution in [-0.2, 0) is 0 Å². The standard InChI is InChI=1S/C16H14O3/c1-18-13-6-7-15-14(8-9-19-16(15)10-13)11-2-4-12(17)5-3-11/h2-8,10,17H,9H2,1H3. The molecule has 0 radical (unpaired) electrons. The summed E-state index contributed by atoms with van der Waals surface area (Å²) < 4.78 is 10.8. The van der Waals surface area contributed by atoms with Gasteiger partial charge in [0.25, 0.3) is 0 Å². The van der Waals surface area contributed by atoms with E-state index < -0.39 is 0 Å². The number of rotatable bonds is 2. The van der Waals surface area contributed by atoms with Gasteiger partial charge in [0.05, 0.1) is 7.11 Å². The van der Waals surface area contributed by atoms with Gasteiger partial charge < -0.3 is 14.6 Å². The number of hydrogen-bond donors (Lipinski definition) is 1. The summed E-state index contributed by atoms with van der Waals surface area (Å²) in [5.41, 5.74) is 3.22. The molecule has 1 N–H and O–H groups in total. The van der Waals surface area contributed by atoms with Gasteiger partial charge in [-0.3, -0.25) is 0 Å². The molecule has 0 unspecified atom stereocenters. The third kappa shape index (κ3) is 2.15. The molecule has 1 aliphatic heterocycles. The molecule has 96 valence electrons. The molecule has 0 fully saturated rings. The van der Waals surface area contributed by atoms with Gasteiger partial charge in [0.1, 0.15) is 23.9 Å². The van der Waals surface area contributed by atoms with Crippen molar-refractivity contribution in [2.45, 2.75) is 0 Å². The molecular weight excluding hydrogens is 240 g/mol. The molecule has 3 rings (SSSR count). The van der Waals surface area contributed by atoms with Crippen LogP contribution in [0.15, 0.2) is 48.5 Å². The smallest absolute Gasteiger partial charge is 0.131 e. The fraction of sp³-hybridized carbons (Fsp3) is 0.125. The minimum atomic E-state index is 0.270. The zero-order valence-electron chi connectivity index (χ0n) is 10.6. The number of methoxy groups -OCH3 is 1. The first-order valence-electron chi connectivity index (χ1n) is 6.09. The molecule has 3 heteroatoms. The fourth-order valence-corrected chi connectivity index (χ4v) is 2.21. The van der Waals surface area contributed by atoms with E-state index in [0.29, 0.717) is 6.61 Å². The van der Waals surface area contributed by atoms with Gasteiger partial charge in [-0.05, 0) is 41.5 Å². The van der Waals surface area contributed by atoms with E-state index in [9.17, 15) is 5.11 Å². The van der Waals surface area contributed by atoms with E-state index in [1.165, 1.54) is 0 Å². The molecule has 0 bridgehead atoms. The summed E-state index contributed by atoms with van der Waals surface area (Å²) in [4.78, 5) is 0. The molecule has 2 aromatic carbocycles. The number of aromatic hydroxyl groups is 1. The van der Waals surface area contributed by atoms with Crippen molar-refractivity contribution in [2.75, 3.05) is 13.7 Å². The van der Waals surface area contributed by atoms with Gasteiger partial charge in [0, 0.05) is 11.6 Å². The van der Waals surface area contributed by atoms with Crippen molar-refractivity contribution in [3.63, 3.8) is 0 Å². The first-order chi connectivity index (χ1) is 9.28. The predicted molar refractivity (Wildman–Crippen MR) is 73.7 cm³/mol. The molecule has 0 amide bonds. The van der Waals surface area contributed by atoms with Crippen LogP contribution in [0.4, 0.5) is 0 Å². The predicted octanol–water partition coefficient (Wildman–Crippen LogP) is 3.22. The Hall–Kier alpha value is -2.42. The van der Waals surface area contributed by atoms with Gasteiger partial charge in [-0.15, -0.1) is 0 Å². The second-order valence-corrected chi connectivity index (χ2v) is 4.34. The highest BCUT2D eigenvalue weighted by atomic mass is 16.5. The second-order valence-electron chi connectivity index (χ2n) is 4.34. The largest absolute Gasteiger partial charge is 0.508 e. The van der Waals surface area contributed by atoms with E-state index in [0.717, 1.165) is 28.2 Å². The van der Waals surface area contributed by atoms with Crippen molar-refractivity contribution in [3.8, 4) is 17.2 Å². The lowest BCUT2D eigenvalue weighted by Crippen LogP contribution is -2.05. The SMILES string of the molecule is COc1ccc2c(c1)OCC=C2c1ccc(O)cc1. The Kier molecular flexibility index (Phi) is 2.88. The Balaban J connectivity index is 2.05. The summed E-state index contributed by atoms with van der Waals surface area (Å²) in [5.74, 6) is 1.88. The van der Waals surface area contributed by atoms with Crippen molar-refractivity contribution >= 4 is 5.57 Å². The first-order valence-corrected chi connectivity index (χ1v) is 6.09. The number of fused-ring (bicyclic) bond motifs is 1. The number of benzene rings is 2. The minimum Gasteiger partial charge on any atom is -0.508 e. The van der Waals surface area contributed by atoms with Gasteiger partial charge in [0.15, 0.2) is 0 Å². The number of ether oxygens (including phenoxy) is 2. The molecule has 2 aromatic rings. The van der Waals surface area contributed by atoms with Crippen LogP contribution in [0.3, 0.4) is 0 Å². The molecule has 0 saturated carbocycles. The quantitative estimate of drug-likeness (QED) is 0.894. The number of phenols is 1. The first kappa shape index (κ1) is 11.7. The summed E-state index contributed by atoms with van der Waals surface area (Å²) in [6.45, 7) is 0.538. The van der Waals surface area contributed by atoms with Crippen LogP contribution >= 0.6 is 0 Å². The maximum Gasteiger partial charge on any atom is 0.131 e. The zero-order valence-corrected chi connectivity index (χ0v) is 10.6. The van der Waals surface area contributed by atoms with Crippen LogP contribution in [0.25, 0.3) is 5.57 Å². The van der Waals surface area contributed by atoms with E-state index >= 15 is 0 Å². The van der Waals surface area contributed by atoms with Crippen molar-refractivity contribution in [3.05, 3.63) is 59.7 Å². The van der Waals surface area contributed by atoms with E-state index in [1.54, 1.807) is 19.2 Å². The molecule has 19 heavy (non-hydrogen) atoms. The van der Waals surface area contributed by atoms with Gasteiger partial charge in [-0.1, -0.05) is 12.1 Å².